The summed E-state index contributed by atoms with van der Waals surface area (Å²) in [5.74, 6) is 2.00. The number of hydrogen-bond donors (Lipinski definition) is 1. The number of fused-ring (bicyclic) bond motifs is 2. The number of hydrogen-bond acceptors (Lipinski definition) is 2. The van der Waals surface area contributed by atoms with E-state index >= 15 is 0 Å². The summed E-state index contributed by atoms with van der Waals surface area (Å²) in [6, 6.07) is 20.8. The van der Waals surface area contributed by atoms with Gasteiger partial charge in [-0.2, -0.15) is 0 Å². The van der Waals surface area contributed by atoms with E-state index in [1.54, 1.807) is 0 Å². The Morgan fingerprint density at radius 2 is 1.61 bits per heavy atom. The smallest absolute Gasteiger partial charge is 0.134 e. The van der Waals surface area contributed by atoms with E-state index < -0.39 is 0 Å². The van der Waals surface area contributed by atoms with Crippen LogP contribution in [-0.4, -0.2) is 9.97 Å². The molecule has 28 heavy (non-hydrogen) atoms. The molecule has 0 fully saturated rings. The number of rotatable bonds is 3. The molecule has 3 nitrogen and oxygen atoms in total. The third kappa shape index (κ3) is 2.47. The Balaban J connectivity index is 1.87. The Morgan fingerprint density at radius 3 is 2.39 bits per heavy atom. The van der Waals surface area contributed by atoms with Crippen molar-refractivity contribution in [3.8, 4) is 0 Å². The van der Waals surface area contributed by atoms with Crippen LogP contribution in [0.3, 0.4) is 0 Å². The lowest BCUT2D eigenvalue weighted by molar-refractivity contribution is 0.572. The monoisotopic (exact) mass is 365 g/mol. The molecule has 0 bridgehead atoms. The number of aromatic nitrogens is 2. The first-order valence-electron chi connectivity index (χ1n) is 9.50. The molecule has 0 saturated heterocycles. The van der Waals surface area contributed by atoms with E-state index in [0.29, 0.717) is 0 Å². The fraction of sp³-hybridized carbons (Fsp3) is 0.120. The first kappa shape index (κ1) is 16.8. The van der Waals surface area contributed by atoms with Gasteiger partial charge in [0.25, 0.3) is 0 Å². The summed E-state index contributed by atoms with van der Waals surface area (Å²) in [5.41, 5.74) is 7.57. The van der Waals surface area contributed by atoms with Crippen molar-refractivity contribution in [2.75, 3.05) is 0 Å². The minimum absolute atomic E-state index is 0.908. The molecule has 3 heteroatoms. The van der Waals surface area contributed by atoms with Crippen LogP contribution >= 0.6 is 0 Å². The molecule has 0 saturated carbocycles. The summed E-state index contributed by atoms with van der Waals surface area (Å²) >= 11 is 0. The van der Waals surface area contributed by atoms with Crippen LogP contribution in [0.2, 0.25) is 0 Å². The molecule has 5 rings (SSSR count). The summed E-state index contributed by atoms with van der Waals surface area (Å²) in [5, 5.41) is 2.34. The van der Waals surface area contributed by atoms with Gasteiger partial charge >= 0.3 is 0 Å². The summed E-state index contributed by atoms with van der Waals surface area (Å²) in [6.07, 6.45) is 1.84. The van der Waals surface area contributed by atoms with Gasteiger partial charge in [-0.1, -0.05) is 42.5 Å². The second-order valence-electron chi connectivity index (χ2n) is 7.23. The van der Waals surface area contributed by atoms with Crippen LogP contribution in [0.5, 0.6) is 0 Å². The van der Waals surface area contributed by atoms with E-state index in [4.69, 9.17) is 4.42 Å². The minimum atomic E-state index is 0.908. The van der Waals surface area contributed by atoms with E-state index in [2.05, 4.69) is 73.2 Å². The van der Waals surface area contributed by atoms with Gasteiger partial charge in [0.15, 0.2) is 0 Å². The molecular formula is C25H21N2O. The van der Waals surface area contributed by atoms with Gasteiger partial charge in [-0.3, -0.25) is 4.98 Å². The normalized spacial score (nSPS) is 11.7. The number of aromatic amines is 1. The third-order valence-electron chi connectivity index (χ3n) is 5.49. The third-order valence-corrected chi connectivity index (χ3v) is 5.49. The molecule has 0 unspecified atom stereocenters. The van der Waals surface area contributed by atoms with Crippen molar-refractivity contribution in [2.45, 2.75) is 20.8 Å². The van der Waals surface area contributed by atoms with Crippen LogP contribution in [0, 0.1) is 26.7 Å². The van der Waals surface area contributed by atoms with Crippen molar-refractivity contribution < 1.29 is 4.42 Å². The zero-order valence-electron chi connectivity index (χ0n) is 16.2. The molecule has 0 aliphatic heterocycles. The second-order valence-corrected chi connectivity index (χ2v) is 7.23. The molecule has 2 aromatic carbocycles. The van der Waals surface area contributed by atoms with E-state index in [9.17, 15) is 0 Å². The summed E-state index contributed by atoms with van der Waals surface area (Å²) < 4.78 is 6.42. The highest BCUT2D eigenvalue weighted by molar-refractivity contribution is 5.91. The zero-order valence-corrected chi connectivity index (χ0v) is 16.2. The van der Waals surface area contributed by atoms with Gasteiger partial charge in [0.1, 0.15) is 17.3 Å². The molecule has 3 heterocycles. The molecule has 1 N–H and O–H groups in total. The molecule has 0 atom stereocenters. The van der Waals surface area contributed by atoms with Crippen molar-refractivity contribution in [2.24, 2.45) is 0 Å². The molecule has 1 radical (unpaired) electrons. The van der Waals surface area contributed by atoms with Gasteiger partial charge < -0.3 is 9.40 Å². The Kier molecular flexibility index (Phi) is 3.83. The van der Waals surface area contributed by atoms with Crippen molar-refractivity contribution in [3.05, 3.63) is 107 Å². The maximum atomic E-state index is 6.42. The van der Waals surface area contributed by atoms with E-state index in [1.165, 1.54) is 10.9 Å². The molecular weight excluding hydrogens is 344 g/mol. The summed E-state index contributed by atoms with van der Waals surface area (Å²) in [7, 11) is 0. The van der Waals surface area contributed by atoms with Crippen molar-refractivity contribution in [3.63, 3.8) is 0 Å². The molecule has 0 aliphatic carbocycles. The van der Waals surface area contributed by atoms with Crippen molar-refractivity contribution in [1.82, 2.24) is 9.97 Å². The number of H-pyrrole nitrogens is 1. The van der Waals surface area contributed by atoms with Crippen LogP contribution < -0.4 is 0 Å². The van der Waals surface area contributed by atoms with E-state index in [0.717, 1.165) is 50.7 Å². The summed E-state index contributed by atoms with van der Waals surface area (Å²) in [6.45, 7) is 6.31. The Bertz CT molecular complexity index is 1310. The quantitative estimate of drug-likeness (QED) is 0.410. The molecule has 0 amide bonds. The number of benzene rings is 2. The summed E-state index contributed by atoms with van der Waals surface area (Å²) in [4.78, 5) is 8.09. The second kappa shape index (κ2) is 6.38. The first-order chi connectivity index (χ1) is 13.6. The van der Waals surface area contributed by atoms with Gasteiger partial charge in [-0.05, 0) is 50.1 Å². The predicted molar refractivity (Wildman–Crippen MR) is 114 cm³/mol. The van der Waals surface area contributed by atoms with Crippen molar-refractivity contribution in [1.29, 1.82) is 0 Å². The fourth-order valence-corrected chi connectivity index (χ4v) is 4.13. The number of nitrogens with zero attached hydrogens (tertiary/aromatic N) is 1. The maximum Gasteiger partial charge on any atom is 0.134 e. The van der Waals surface area contributed by atoms with Gasteiger partial charge in [0.2, 0.25) is 0 Å². The number of aryl methyl sites for hydroxylation is 3. The Morgan fingerprint density at radius 1 is 0.857 bits per heavy atom. The van der Waals surface area contributed by atoms with Crippen LogP contribution in [0.25, 0.3) is 21.9 Å². The predicted octanol–water partition coefficient (Wildman–Crippen LogP) is 6.25. The number of nitrogens with one attached hydrogen (secondary N) is 1. The highest BCUT2D eigenvalue weighted by Gasteiger charge is 2.30. The lowest BCUT2D eigenvalue weighted by Crippen LogP contribution is -2.08. The molecule has 3 aromatic heterocycles. The van der Waals surface area contributed by atoms with E-state index in [-0.39, 0.29) is 0 Å². The van der Waals surface area contributed by atoms with Crippen molar-refractivity contribution >= 4 is 21.9 Å². The molecule has 5 aromatic rings. The van der Waals surface area contributed by atoms with Crippen LogP contribution in [-0.2, 0) is 0 Å². The minimum Gasteiger partial charge on any atom is -0.459 e. The molecule has 137 valence electrons. The highest BCUT2D eigenvalue weighted by Crippen LogP contribution is 2.42. The van der Waals surface area contributed by atoms with Gasteiger partial charge in [-0.25, -0.2) is 0 Å². The fourth-order valence-electron chi connectivity index (χ4n) is 4.13. The molecule has 0 spiro atoms. The lowest BCUT2D eigenvalue weighted by Gasteiger charge is -2.18. The average Bonchev–Trinajstić information content (AvgIpc) is 3.21. The SMILES string of the molecule is Cc1ncccc1[C](c1oc2ccccc2c1C)c1c(C)[nH]c2ccccc12. The van der Waals surface area contributed by atoms with Gasteiger partial charge in [-0.15, -0.1) is 0 Å². The lowest BCUT2D eigenvalue weighted by atomic mass is 9.85. The number of para-hydroxylation sites is 2. The van der Waals surface area contributed by atoms with Crippen LogP contribution in [0.15, 0.2) is 71.3 Å². The van der Waals surface area contributed by atoms with Gasteiger partial charge in [0, 0.05) is 39.4 Å². The standard InChI is InChI=1S/C25H21N2O/c1-15-18-9-5-7-13-22(18)28-25(15)24(19-11-8-14-26-16(19)2)23-17(3)27-21-12-6-4-10-20(21)23/h4-14,27H,1-3H3. The number of furan rings is 1. The Labute approximate surface area is 164 Å². The highest BCUT2D eigenvalue weighted by atomic mass is 16.3. The van der Waals surface area contributed by atoms with Crippen LogP contribution in [0.4, 0.5) is 0 Å². The average molecular weight is 365 g/mol. The van der Waals surface area contributed by atoms with Crippen LogP contribution in [0.1, 0.15) is 33.8 Å². The largest absolute Gasteiger partial charge is 0.459 e. The number of pyridine rings is 1. The maximum absolute atomic E-state index is 6.42. The molecule has 0 aliphatic rings. The van der Waals surface area contributed by atoms with E-state index in [1.807, 2.05) is 24.4 Å². The first-order valence-corrected chi connectivity index (χ1v) is 9.50. The Hall–Kier alpha value is -3.33. The zero-order chi connectivity index (χ0) is 19.3. The van der Waals surface area contributed by atoms with Gasteiger partial charge in [0.05, 0.1) is 0 Å². The topological polar surface area (TPSA) is 41.8 Å².